The third-order valence-corrected chi connectivity index (χ3v) is 5.52. The van der Waals surface area contributed by atoms with Crippen LogP contribution in [-0.2, 0) is 4.79 Å². The van der Waals surface area contributed by atoms with Gasteiger partial charge in [-0.3, -0.25) is 25.0 Å². The SMILES string of the molecule is O=C(CC1CCCC1)NC1CCN(c2ccc([N+](=O)[O-])cc2[N+](=O)[O-])CC1. The van der Waals surface area contributed by atoms with Crippen LogP contribution in [-0.4, -0.2) is 34.9 Å². The summed E-state index contributed by atoms with van der Waals surface area (Å²) in [6, 6.07) is 3.81. The molecule has 1 saturated carbocycles. The van der Waals surface area contributed by atoms with E-state index < -0.39 is 9.85 Å². The molecule has 0 unspecified atom stereocenters. The highest BCUT2D eigenvalue weighted by Crippen LogP contribution is 2.33. The van der Waals surface area contributed by atoms with Crippen molar-refractivity contribution in [1.82, 2.24) is 5.32 Å². The van der Waals surface area contributed by atoms with Crippen LogP contribution in [0.4, 0.5) is 17.1 Å². The van der Waals surface area contributed by atoms with Crippen LogP contribution >= 0.6 is 0 Å². The molecule has 1 N–H and O–H groups in total. The molecule has 1 aliphatic heterocycles. The molecule has 9 heteroatoms. The predicted octanol–water partition coefficient (Wildman–Crippen LogP) is 3.17. The maximum absolute atomic E-state index is 12.2. The minimum Gasteiger partial charge on any atom is -0.366 e. The number of amides is 1. The molecular formula is C18H24N4O5. The lowest BCUT2D eigenvalue weighted by Crippen LogP contribution is -2.45. The van der Waals surface area contributed by atoms with Gasteiger partial charge in [0, 0.05) is 31.6 Å². The third-order valence-electron chi connectivity index (χ3n) is 5.52. The second-order valence-electron chi connectivity index (χ2n) is 7.37. The summed E-state index contributed by atoms with van der Waals surface area (Å²) in [6.07, 6.45) is 6.68. The molecule has 1 aliphatic carbocycles. The number of carbonyl (C=O) groups is 1. The minimum atomic E-state index is -0.636. The Labute approximate surface area is 157 Å². The van der Waals surface area contributed by atoms with Crippen LogP contribution in [0.5, 0.6) is 0 Å². The molecule has 0 spiro atoms. The van der Waals surface area contributed by atoms with Gasteiger partial charge in [-0.2, -0.15) is 0 Å². The summed E-state index contributed by atoms with van der Waals surface area (Å²) >= 11 is 0. The number of benzene rings is 1. The summed E-state index contributed by atoms with van der Waals surface area (Å²) in [5.74, 6) is 0.606. The van der Waals surface area contributed by atoms with Gasteiger partial charge in [-0.05, 0) is 37.7 Å². The quantitative estimate of drug-likeness (QED) is 0.602. The number of hydrogen-bond donors (Lipinski definition) is 1. The Balaban J connectivity index is 1.57. The predicted molar refractivity (Wildman–Crippen MR) is 99.7 cm³/mol. The van der Waals surface area contributed by atoms with Crippen LogP contribution in [0.1, 0.15) is 44.9 Å². The topological polar surface area (TPSA) is 119 Å². The minimum absolute atomic E-state index is 0.0762. The van der Waals surface area contributed by atoms with Gasteiger partial charge in [0.1, 0.15) is 5.69 Å². The molecule has 1 saturated heterocycles. The van der Waals surface area contributed by atoms with Gasteiger partial charge in [-0.25, -0.2) is 0 Å². The smallest absolute Gasteiger partial charge is 0.299 e. The number of anilines is 1. The molecule has 2 aliphatic rings. The second kappa shape index (κ2) is 8.32. The van der Waals surface area contributed by atoms with Gasteiger partial charge >= 0.3 is 0 Å². The molecule has 0 radical (unpaired) electrons. The number of nitro groups is 2. The van der Waals surface area contributed by atoms with Crippen molar-refractivity contribution in [2.24, 2.45) is 5.92 Å². The standard InChI is InChI=1S/C18H24N4O5/c23-18(11-13-3-1-2-4-13)19-14-7-9-20(10-8-14)16-6-5-15(21(24)25)12-17(16)22(26)27/h5-6,12-14H,1-4,7-11H2,(H,19,23). The lowest BCUT2D eigenvalue weighted by molar-refractivity contribution is -0.393. The zero-order valence-corrected chi connectivity index (χ0v) is 15.1. The lowest BCUT2D eigenvalue weighted by Gasteiger charge is -2.33. The molecule has 3 rings (SSSR count). The molecule has 146 valence electrons. The second-order valence-corrected chi connectivity index (χ2v) is 7.37. The zero-order chi connectivity index (χ0) is 19.4. The first kappa shape index (κ1) is 19.1. The van der Waals surface area contributed by atoms with E-state index in [1.165, 1.54) is 25.0 Å². The van der Waals surface area contributed by atoms with Crippen molar-refractivity contribution in [1.29, 1.82) is 0 Å². The largest absolute Gasteiger partial charge is 0.366 e. The Morgan fingerprint density at radius 3 is 2.33 bits per heavy atom. The van der Waals surface area contributed by atoms with E-state index in [9.17, 15) is 25.0 Å². The van der Waals surface area contributed by atoms with Crippen molar-refractivity contribution in [2.45, 2.75) is 51.0 Å². The number of non-ortho nitro benzene ring substituents is 1. The molecule has 1 aromatic carbocycles. The van der Waals surface area contributed by atoms with Gasteiger partial charge in [0.25, 0.3) is 11.4 Å². The summed E-state index contributed by atoms with van der Waals surface area (Å²) in [5, 5.41) is 25.3. The fourth-order valence-electron chi connectivity index (χ4n) is 4.07. The summed E-state index contributed by atoms with van der Waals surface area (Å²) in [6.45, 7) is 1.13. The molecule has 9 nitrogen and oxygen atoms in total. The van der Waals surface area contributed by atoms with E-state index in [2.05, 4.69) is 5.32 Å². The highest BCUT2D eigenvalue weighted by atomic mass is 16.6. The molecule has 2 fully saturated rings. The van der Waals surface area contributed by atoms with Crippen molar-refractivity contribution < 1.29 is 14.6 Å². The van der Waals surface area contributed by atoms with E-state index in [1.54, 1.807) is 0 Å². The Bertz CT molecular complexity index is 724. The van der Waals surface area contributed by atoms with Crippen LogP contribution < -0.4 is 10.2 Å². The first-order valence-electron chi connectivity index (χ1n) is 9.41. The molecule has 1 amide bonds. The van der Waals surface area contributed by atoms with Crippen molar-refractivity contribution in [3.8, 4) is 0 Å². The number of nitrogens with zero attached hydrogens (tertiary/aromatic N) is 3. The summed E-state index contributed by atoms with van der Waals surface area (Å²) in [7, 11) is 0. The van der Waals surface area contributed by atoms with Gasteiger partial charge in [-0.15, -0.1) is 0 Å². The van der Waals surface area contributed by atoms with Gasteiger partial charge in [-0.1, -0.05) is 12.8 Å². The van der Waals surface area contributed by atoms with Crippen LogP contribution in [0.3, 0.4) is 0 Å². The van der Waals surface area contributed by atoms with E-state index in [4.69, 9.17) is 0 Å². The van der Waals surface area contributed by atoms with Crippen LogP contribution in [0.2, 0.25) is 0 Å². The number of hydrogen-bond acceptors (Lipinski definition) is 6. The fourth-order valence-corrected chi connectivity index (χ4v) is 4.07. The zero-order valence-electron chi connectivity index (χ0n) is 15.1. The van der Waals surface area contributed by atoms with E-state index >= 15 is 0 Å². The van der Waals surface area contributed by atoms with E-state index in [0.29, 0.717) is 44.0 Å². The van der Waals surface area contributed by atoms with Crippen molar-refractivity contribution in [2.75, 3.05) is 18.0 Å². The summed E-state index contributed by atoms with van der Waals surface area (Å²) < 4.78 is 0. The highest BCUT2D eigenvalue weighted by Gasteiger charge is 2.28. The van der Waals surface area contributed by atoms with E-state index in [1.807, 2.05) is 4.90 Å². The highest BCUT2D eigenvalue weighted by molar-refractivity contribution is 5.76. The van der Waals surface area contributed by atoms with Crippen LogP contribution in [0.15, 0.2) is 18.2 Å². The molecule has 1 heterocycles. The summed E-state index contributed by atoms with van der Waals surface area (Å²) in [5.41, 5.74) is -0.159. The van der Waals surface area contributed by atoms with E-state index in [0.717, 1.165) is 18.9 Å². The first-order valence-corrected chi connectivity index (χ1v) is 9.41. The Hall–Kier alpha value is -2.71. The van der Waals surface area contributed by atoms with Crippen LogP contribution in [0.25, 0.3) is 0 Å². The van der Waals surface area contributed by atoms with Gasteiger partial charge in [0.05, 0.1) is 15.9 Å². The molecule has 0 atom stereocenters. The average molecular weight is 376 g/mol. The molecular weight excluding hydrogens is 352 g/mol. The maximum atomic E-state index is 12.2. The number of piperidine rings is 1. The Kier molecular flexibility index (Phi) is 5.88. The molecule has 0 aromatic heterocycles. The number of nitrogens with one attached hydrogen (secondary N) is 1. The number of nitro benzene ring substituents is 2. The van der Waals surface area contributed by atoms with Crippen molar-refractivity contribution in [3.05, 3.63) is 38.4 Å². The van der Waals surface area contributed by atoms with Gasteiger partial charge in [0.15, 0.2) is 0 Å². The van der Waals surface area contributed by atoms with Crippen molar-refractivity contribution >= 4 is 23.0 Å². The maximum Gasteiger partial charge on any atom is 0.299 e. The van der Waals surface area contributed by atoms with E-state index in [-0.39, 0.29) is 23.3 Å². The summed E-state index contributed by atoms with van der Waals surface area (Å²) in [4.78, 5) is 35.0. The molecule has 1 aromatic rings. The Morgan fingerprint density at radius 1 is 1.07 bits per heavy atom. The van der Waals surface area contributed by atoms with Gasteiger partial charge in [0.2, 0.25) is 5.91 Å². The van der Waals surface area contributed by atoms with Crippen molar-refractivity contribution in [3.63, 3.8) is 0 Å². The monoisotopic (exact) mass is 376 g/mol. The third kappa shape index (κ3) is 4.72. The Morgan fingerprint density at radius 2 is 1.74 bits per heavy atom. The normalized spacial score (nSPS) is 18.4. The lowest BCUT2D eigenvalue weighted by atomic mass is 10.0. The van der Waals surface area contributed by atoms with Gasteiger partial charge < -0.3 is 10.2 Å². The number of carbonyl (C=O) groups excluding carboxylic acids is 1. The average Bonchev–Trinajstić information content (AvgIpc) is 3.14. The molecule has 0 bridgehead atoms. The molecule has 27 heavy (non-hydrogen) atoms. The number of rotatable bonds is 6. The van der Waals surface area contributed by atoms with Crippen LogP contribution in [0, 0.1) is 26.1 Å². The fraction of sp³-hybridized carbons (Fsp3) is 0.611. The first-order chi connectivity index (χ1) is 12.9.